The van der Waals surface area contributed by atoms with Crippen molar-refractivity contribution in [2.45, 2.75) is 25.8 Å². The molecular weight excluding hydrogens is 214 g/mol. The van der Waals surface area contributed by atoms with Crippen molar-refractivity contribution >= 4 is 18.4 Å². The fourth-order valence-corrected chi connectivity index (χ4v) is 1.44. The molecule has 1 unspecified atom stereocenters. The second-order valence-electron chi connectivity index (χ2n) is 3.55. The highest BCUT2D eigenvalue weighted by Gasteiger charge is 2.08. The van der Waals surface area contributed by atoms with E-state index >= 15 is 0 Å². The molecule has 0 spiro atoms. The average Bonchev–Trinajstić information content (AvgIpc) is 2.01. The third-order valence-electron chi connectivity index (χ3n) is 2.02. The van der Waals surface area contributed by atoms with E-state index in [0.717, 1.165) is 5.56 Å². The highest BCUT2D eigenvalue weighted by Crippen LogP contribution is 2.07. The van der Waals surface area contributed by atoms with Gasteiger partial charge in [-0.25, -0.2) is 0 Å². The number of carboxylic acids is 1. The molecular formula is C11H16ClNO2. The third kappa shape index (κ3) is 5.40. The van der Waals surface area contributed by atoms with Crippen LogP contribution in [0.4, 0.5) is 0 Å². The molecule has 0 heterocycles. The molecule has 0 fully saturated rings. The van der Waals surface area contributed by atoms with Gasteiger partial charge in [-0.15, -0.1) is 12.4 Å². The molecule has 4 heteroatoms. The van der Waals surface area contributed by atoms with Crippen LogP contribution in [0.3, 0.4) is 0 Å². The topological polar surface area (TPSA) is 63.3 Å². The number of hydrogen-bond donors (Lipinski definition) is 2. The molecule has 0 aliphatic rings. The van der Waals surface area contributed by atoms with E-state index in [4.69, 9.17) is 10.8 Å². The zero-order valence-electron chi connectivity index (χ0n) is 8.64. The second kappa shape index (κ2) is 6.43. The maximum Gasteiger partial charge on any atom is 0.304 e. The lowest BCUT2D eigenvalue weighted by molar-refractivity contribution is -0.137. The Balaban J connectivity index is 0.00000196. The standard InChI is InChI=1S/C11H15NO2.ClH/c1-8-3-2-4-9(5-8)6-10(12)7-11(13)14;/h2-5,10H,6-7,12H2,1H3,(H,13,14);1H. The largest absolute Gasteiger partial charge is 0.481 e. The maximum absolute atomic E-state index is 10.4. The number of carboxylic acid groups (broad SMARTS) is 1. The Hall–Kier alpha value is -1.06. The molecule has 3 nitrogen and oxygen atoms in total. The summed E-state index contributed by atoms with van der Waals surface area (Å²) in [4.78, 5) is 10.4. The minimum absolute atomic E-state index is 0. The Bertz CT molecular complexity index is 328. The predicted octanol–water partition coefficient (Wildman–Crippen LogP) is 1.76. The van der Waals surface area contributed by atoms with Gasteiger partial charge in [0.15, 0.2) is 0 Å². The zero-order chi connectivity index (χ0) is 10.6. The molecule has 84 valence electrons. The lowest BCUT2D eigenvalue weighted by Crippen LogP contribution is -2.26. The van der Waals surface area contributed by atoms with Crippen molar-refractivity contribution < 1.29 is 9.90 Å². The highest BCUT2D eigenvalue weighted by molar-refractivity contribution is 5.85. The molecule has 15 heavy (non-hydrogen) atoms. The SMILES string of the molecule is Cc1cccc(CC(N)CC(=O)O)c1.Cl. The quantitative estimate of drug-likeness (QED) is 0.827. The summed E-state index contributed by atoms with van der Waals surface area (Å²) in [6.45, 7) is 2.01. The van der Waals surface area contributed by atoms with Crippen LogP contribution in [0.5, 0.6) is 0 Å². The monoisotopic (exact) mass is 229 g/mol. The van der Waals surface area contributed by atoms with Crippen LogP contribution in [0.15, 0.2) is 24.3 Å². The maximum atomic E-state index is 10.4. The van der Waals surface area contributed by atoms with Crippen LogP contribution in [0.1, 0.15) is 17.5 Å². The minimum Gasteiger partial charge on any atom is -0.481 e. The van der Waals surface area contributed by atoms with Gasteiger partial charge in [0.05, 0.1) is 6.42 Å². The molecule has 1 atom stereocenters. The van der Waals surface area contributed by atoms with Crippen molar-refractivity contribution in [2.24, 2.45) is 5.73 Å². The van der Waals surface area contributed by atoms with E-state index < -0.39 is 5.97 Å². The van der Waals surface area contributed by atoms with Gasteiger partial charge in [-0.2, -0.15) is 0 Å². The number of aryl methyl sites for hydroxylation is 1. The van der Waals surface area contributed by atoms with Gasteiger partial charge in [-0.3, -0.25) is 4.79 Å². The number of carbonyl (C=O) groups is 1. The van der Waals surface area contributed by atoms with Gasteiger partial charge < -0.3 is 10.8 Å². The van der Waals surface area contributed by atoms with Crippen molar-refractivity contribution in [3.63, 3.8) is 0 Å². The van der Waals surface area contributed by atoms with Gasteiger partial charge in [-0.1, -0.05) is 29.8 Å². The lowest BCUT2D eigenvalue weighted by Gasteiger charge is -2.08. The van der Waals surface area contributed by atoms with Crippen LogP contribution in [0.2, 0.25) is 0 Å². The summed E-state index contributed by atoms with van der Waals surface area (Å²) in [6, 6.07) is 7.66. The summed E-state index contributed by atoms with van der Waals surface area (Å²) in [5.41, 5.74) is 7.94. The van der Waals surface area contributed by atoms with Crippen molar-refractivity contribution in [1.82, 2.24) is 0 Å². The smallest absolute Gasteiger partial charge is 0.304 e. The Morgan fingerprint density at radius 1 is 1.53 bits per heavy atom. The van der Waals surface area contributed by atoms with Crippen LogP contribution < -0.4 is 5.73 Å². The van der Waals surface area contributed by atoms with Crippen molar-refractivity contribution in [1.29, 1.82) is 0 Å². The summed E-state index contributed by atoms with van der Waals surface area (Å²) >= 11 is 0. The Morgan fingerprint density at radius 2 is 2.20 bits per heavy atom. The first kappa shape index (κ1) is 13.9. The summed E-state index contributed by atoms with van der Waals surface area (Å²) in [5.74, 6) is -0.842. The van der Waals surface area contributed by atoms with E-state index in [0.29, 0.717) is 6.42 Å². The molecule has 0 saturated heterocycles. The minimum atomic E-state index is -0.842. The van der Waals surface area contributed by atoms with Gasteiger partial charge in [0.1, 0.15) is 0 Å². The summed E-state index contributed by atoms with van der Waals surface area (Å²) in [5, 5.41) is 8.54. The third-order valence-corrected chi connectivity index (χ3v) is 2.02. The molecule has 0 aromatic heterocycles. The van der Waals surface area contributed by atoms with E-state index in [1.54, 1.807) is 0 Å². The number of benzene rings is 1. The molecule has 1 aromatic carbocycles. The van der Waals surface area contributed by atoms with Gasteiger partial charge in [0.25, 0.3) is 0 Å². The first-order valence-corrected chi connectivity index (χ1v) is 4.61. The molecule has 0 amide bonds. The van der Waals surface area contributed by atoms with Crippen LogP contribution >= 0.6 is 12.4 Å². The number of nitrogens with two attached hydrogens (primary N) is 1. The second-order valence-corrected chi connectivity index (χ2v) is 3.55. The molecule has 1 rings (SSSR count). The van der Waals surface area contributed by atoms with Crippen molar-refractivity contribution in [3.8, 4) is 0 Å². The fourth-order valence-electron chi connectivity index (χ4n) is 1.44. The molecule has 0 radical (unpaired) electrons. The Labute approximate surface area is 95.7 Å². The van der Waals surface area contributed by atoms with Crippen molar-refractivity contribution in [3.05, 3.63) is 35.4 Å². The average molecular weight is 230 g/mol. The molecule has 0 aliphatic heterocycles. The summed E-state index contributed by atoms with van der Waals surface area (Å²) < 4.78 is 0. The normalized spacial score (nSPS) is 11.6. The zero-order valence-corrected chi connectivity index (χ0v) is 9.46. The first-order chi connectivity index (χ1) is 6.58. The fraction of sp³-hybridized carbons (Fsp3) is 0.364. The number of rotatable bonds is 4. The molecule has 3 N–H and O–H groups in total. The Morgan fingerprint density at radius 3 is 2.73 bits per heavy atom. The van der Waals surface area contributed by atoms with Crippen LogP contribution in [0, 0.1) is 6.92 Å². The number of hydrogen-bond acceptors (Lipinski definition) is 2. The van der Waals surface area contributed by atoms with Crippen LogP contribution in [-0.2, 0) is 11.2 Å². The van der Waals surface area contributed by atoms with Crippen LogP contribution in [-0.4, -0.2) is 17.1 Å². The van der Waals surface area contributed by atoms with E-state index in [2.05, 4.69) is 0 Å². The number of aliphatic carboxylic acids is 1. The van der Waals surface area contributed by atoms with Gasteiger partial charge in [-0.05, 0) is 18.9 Å². The van der Waals surface area contributed by atoms with E-state index in [1.165, 1.54) is 5.56 Å². The molecule has 0 aliphatic carbocycles. The van der Waals surface area contributed by atoms with Gasteiger partial charge in [0.2, 0.25) is 0 Å². The van der Waals surface area contributed by atoms with E-state index in [1.807, 2.05) is 31.2 Å². The number of halogens is 1. The van der Waals surface area contributed by atoms with Crippen molar-refractivity contribution in [2.75, 3.05) is 0 Å². The van der Waals surface area contributed by atoms with Crippen LogP contribution in [0.25, 0.3) is 0 Å². The highest BCUT2D eigenvalue weighted by atomic mass is 35.5. The van der Waals surface area contributed by atoms with Gasteiger partial charge in [0, 0.05) is 6.04 Å². The summed E-state index contributed by atoms with van der Waals surface area (Å²) in [6.07, 6.45) is 0.641. The Kier molecular flexibility index (Phi) is 5.97. The van der Waals surface area contributed by atoms with E-state index in [-0.39, 0.29) is 24.9 Å². The van der Waals surface area contributed by atoms with E-state index in [9.17, 15) is 4.79 Å². The molecule has 0 bridgehead atoms. The molecule has 0 saturated carbocycles. The van der Waals surface area contributed by atoms with Gasteiger partial charge >= 0.3 is 5.97 Å². The predicted molar refractivity (Wildman–Crippen MR) is 62.4 cm³/mol. The molecule has 1 aromatic rings. The summed E-state index contributed by atoms with van der Waals surface area (Å²) in [7, 11) is 0. The lowest BCUT2D eigenvalue weighted by atomic mass is 10.0. The first-order valence-electron chi connectivity index (χ1n) is 4.61.